The highest BCUT2D eigenvalue weighted by Gasteiger charge is 2.07. The van der Waals surface area contributed by atoms with E-state index in [-0.39, 0.29) is 5.96 Å². The number of hydrogen-bond acceptors (Lipinski definition) is 3. The van der Waals surface area contributed by atoms with E-state index in [1.54, 1.807) is 24.4 Å². The predicted octanol–water partition coefficient (Wildman–Crippen LogP) is 1.22. The van der Waals surface area contributed by atoms with E-state index in [4.69, 9.17) is 11.5 Å². The van der Waals surface area contributed by atoms with Gasteiger partial charge in [-0.3, -0.25) is 4.79 Å². The third-order valence-corrected chi connectivity index (χ3v) is 2.84. The van der Waals surface area contributed by atoms with E-state index in [0.717, 1.165) is 10.6 Å². The molecule has 1 aromatic heterocycles. The summed E-state index contributed by atoms with van der Waals surface area (Å²) in [5.41, 5.74) is 11.6. The Morgan fingerprint density at radius 3 is 2.82 bits per heavy atom. The molecule has 0 atom stereocenters. The zero-order valence-corrected chi connectivity index (χ0v) is 9.65. The van der Waals surface area contributed by atoms with Crippen LogP contribution in [0.25, 0.3) is 10.6 Å². The topological polar surface area (TPSA) is 94.4 Å². The largest absolute Gasteiger partial charge is 0.370 e. The van der Waals surface area contributed by atoms with Gasteiger partial charge in [0.2, 0.25) is 0 Å². The van der Waals surface area contributed by atoms with Gasteiger partial charge >= 0.3 is 0 Å². The molecule has 0 bridgehead atoms. The number of thiazole rings is 1. The summed E-state index contributed by atoms with van der Waals surface area (Å²) in [6.07, 6.45) is 1.71. The first kappa shape index (κ1) is 11.3. The van der Waals surface area contributed by atoms with Crippen molar-refractivity contribution >= 4 is 23.2 Å². The van der Waals surface area contributed by atoms with Gasteiger partial charge in [0.05, 0.1) is 0 Å². The first-order chi connectivity index (χ1) is 8.16. The van der Waals surface area contributed by atoms with Crippen LogP contribution < -0.4 is 11.5 Å². The van der Waals surface area contributed by atoms with Gasteiger partial charge in [-0.1, -0.05) is 12.1 Å². The molecule has 2 aromatic rings. The molecule has 1 aromatic carbocycles. The van der Waals surface area contributed by atoms with E-state index in [9.17, 15) is 4.79 Å². The molecule has 0 saturated heterocycles. The van der Waals surface area contributed by atoms with E-state index in [2.05, 4.69) is 9.98 Å². The Balaban J connectivity index is 2.36. The van der Waals surface area contributed by atoms with Crippen molar-refractivity contribution in [3.63, 3.8) is 0 Å². The average Bonchev–Trinajstić information content (AvgIpc) is 2.82. The van der Waals surface area contributed by atoms with Crippen LogP contribution in [-0.4, -0.2) is 16.9 Å². The Bertz CT molecular complexity index is 559. The molecule has 2 rings (SSSR count). The van der Waals surface area contributed by atoms with E-state index >= 15 is 0 Å². The van der Waals surface area contributed by atoms with Crippen LogP contribution >= 0.6 is 11.3 Å². The quantitative estimate of drug-likeness (QED) is 0.615. The number of carbonyl (C=O) groups excluding carboxylic acids is 1. The molecule has 0 aliphatic heterocycles. The number of nitrogens with zero attached hydrogens (tertiary/aromatic N) is 2. The second-order valence-electron chi connectivity index (χ2n) is 3.26. The first-order valence-electron chi connectivity index (χ1n) is 4.81. The molecule has 86 valence electrons. The number of aromatic nitrogens is 1. The van der Waals surface area contributed by atoms with E-state index in [0.29, 0.717) is 5.56 Å². The molecular weight excluding hydrogens is 236 g/mol. The molecule has 0 saturated carbocycles. The van der Waals surface area contributed by atoms with Gasteiger partial charge in [0, 0.05) is 22.7 Å². The lowest BCUT2D eigenvalue weighted by Gasteiger charge is -1.99. The zero-order valence-electron chi connectivity index (χ0n) is 8.83. The van der Waals surface area contributed by atoms with Crippen molar-refractivity contribution in [3.05, 3.63) is 41.4 Å². The fourth-order valence-corrected chi connectivity index (χ4v) is 1.97. The Morgan fingerprint density at radius 1 is 1.35 bits per heavy atom. The minimum Gasteiger partial charge on any atom is -0.370 e. The van der Waals surface area contributed by atoms with Crippen molar-refractivity contribution in [1.82, 2.24) is 4.98 Å². The normalized spacial score (nSPS) is 9.88. The molecule has 6 heteroatoms. The van der Waals surface area contributed by atoms with E-state index < -0.39 is 5.91 Å². The fraction of sp³-hybridized carbons (Fsp3) is 0. The molecule has 4 N–H and O–H groups in total. The van der Waals surface area contributed by atoms with Gasteiger partial charge in [0.15, 0.2) is 5.96 Å². The van der Waals surface area contributed by atoms with Crippen molar-refractivity contribution in [2.45, 2.75) is 0 Å². The summed E-state index contributed by atoms with van der Waals surface area (Å²) < 4.78 is 0. The lowest BCUT2D eigenvalue weighted by molar-refractivity contribution is 0.100. The van der Waals surface area contributed by atoms with Crippen LogP contribution in [0.4, 0.5) is 0 Å². The summed E-state index contributed by atoms with van der Waals surface area (Å²) in [6, 6.07) is 7.02. The van der Waals surface area contributed by atoms with Crippen LogP contribution in [0.5, 0.6) is 0 Å². The molecule has 17 heavy (non-hydrogen) atoms. The number of hydrogen-bond donors (Lipinski definition) is 2. The molecule has 0 fully saturated rings. The van der Waals surface area contributed by atoms with Crippen LogP contribution in [0.3, 0.4) is 0 Å². The first-order valence-corrected chi connectivity index (χ1v) is 5.68. The number of guanidine groups is 1. The van der Waals surface area contributed by atoms with Crippen LogP contribution in [0, 0.1) is 0 Å². The molecule has 0 spiro atoms. The molecule has 0 aliphatic rings. The Hall–Kier alpha value is -2.21. The number of nitrogens with two attached hydrogens (primary N) is 2. The smallest absolute Gasteiger partial charge is 0.280 e. The molecule has 1 heterocycles. The summed E-state index contributed by atoms with van der Waals surface area (Å²) in [5.74, 6) is -0.696. The maximum atomic E-state index is 11.6. The average molecular weight is 246 g/mol. The monoisotopic (exact) mass is 246 g/mol. The molecular formula is C11H10N4OS. The van der Waals surface area contributed by atoms with Crippen molar-refractivity contribution in [1.29, 1.82) is 0 Å². The van der Waals surface area contributed by atoms with Gasteiger partial charge in [-0.25, -0.2) is 4.98 Å². The molecule has 1 amide bonds. The van der Waals surface area contributed by atoms with Crippen LogP contribution in [0.15, 0.2) is 40.8 Å². The minimum absolute atomic E-state index is 0.241. The van der Waals surface area contributed by atoms with Gasteiger partial charge in [-0.15, -0.1) is 11.3 Å². The highest BCUT2D eigenvalue weighted by atomic mass is 32.1. The number of amides is 1. The van der Waals surface area contributed by atoms with Crippen LogP contribution in [0.2, 0.25) is 0 Å². The Labute approximate surface area is 102 Å². The van der Waals surface area contributed by atoms with Crippen molar-refractivity contribution in [2.75, 3.05) is 0 Å². The second kappa shape index (κ2) is 4.75. The molecule has 5 nitrogen and oxygen atoms in total. The second-order valence-corrected chi connectivity index (χ2v) is 4.15. The Kier molecular flexibility index (Phi) is 3.15. The third kappa shape index (κ3) is 2.67. The van der Waals surface area contributed by atoms with Crippen molar-refractivity contribution in [3.8, 4) is 10.6 Å². The lowest BCUT2D eigenvalue weighted by atomic mass is 10.1. The Morgan fingerprint density at radius 2 is 2.18 bits per heavy atom. The summed E-state index contributed by atoms with van der Waals surface area (Å²) in [5, 5.41) is 2.73. The molecule has 0 aliphatic carbocycles. The van der Waals surface area contributed by atoms with Gasteiger partial charge in [-0.05, 0) is 12.1 Å². The molecule has 0 unspecified atom stereocenters. The summed E-state index contributed by atoms with van der Waals surface area (Å²) in [6.45, 7) is 0. The summed E-state index contributed by atoms with van der Waals surface area (Å²) in [7, 11) is 0. The standard InChI is InChI=1S/C11H10N4OS/c12-11(13)15-9(16)7-2-1-3-8(6-7)10-14-4-5-17-10/h1-6H,(H4,12,13,15,16). The minimum atomic E-state index is -0.455. The van der Waals surface area contributed by atoms with Gasteiger partial charge < -0.3 is 11.5 Å². The summed E-state index contributed by atoms with van der Waals surface area (Å²) >= 11 is 1.50. The number of benzene rings is 1. The zero-order chi connectivity index (χ0) is 12.3. The van der Waals surface area contributed by atoms with Gasteiger partial charge in [-0.2, -0.15) is 4.99 Å². The third-order valence-electron chi connectivity index (χ3n) is 2.02. The highest BCUT2D eigenvalue weighted by Crippen LogP contribution is 2.22. The van der Waals surface area contributed by atoms with E-state index in [1.807, 2.05) is 11.4 Å². The van der Waals surface area contributed by atoms with Crippen molar-refractivity contribution < 1.29 is 4.79 Å². The molecule has 0 radical (unpaired) electrons. The van der Waals surface area contributed by atoms with Crippen molar-refractivity contribution in [2.24, 2.45) is 16.5 Å². The van der Waals surface area contributed by atoms with Crippen LogP contribution in [-0.2, 0) is 0 Å². The fourth-order valence-electron chi connectivity index (χ4n) is 1.33. The predicted molar refractivity (Wildman–Crippen MR) is 67.7 cm³/mol. The number of aliphatic imine (C=N–C) groups is 1. The summed E-state index contributed by atoms with van der Waals surface area (Å²) in [4.78, 5) is 19.3. The highest BCUT2D eigenvalue weighted by molar-refractivity contribution is 7.13. The van der Waals surface area contributed by atoms with Crippen LogP contribution in [0.1, 0.15) is 10.4 Å². The SMILES string of the molecule is NC(N)=NC(=O)c1cccc(-c2nccs2)c1. The number of rotatable bonds is 2. The lowest BCUT2D eigenvalue weighted by Crippen LogP contribution is -2.24. The van der Waals surface area contributed by atoms with Gasteiger partial charge in [0.1, 0.15) is 5.01 Å². The van der Waals surface area contributed by atoms with Gasteiger partial charge in [0.25, 0.3) is 5.91 Å². The maximum absolute atomic E-state index is 11.6. The van der Waals surface area contributed by atoms with E-state index in [1.165, 1.54) is 11.3 Å². The number of carbonyl (C=O) groups is 1. The maximum Gasteiger partial charge on any atom is 0.280 e.